The van der Waals surface area contributed by atoms with Gasteiger partial charge in [-0.1, -0.05) is 30.3 Å². The third kappa shape index (κ3) is 4.74. The zero-order valence-corrected chi connectivity index (χ0v) is 11.9. The Kier molecular flexibility index (Phi) is 5.68. The summed E-state index contributed by atoms with van der Waals surface area (Å²) in [7, 11) is 0. The highest BCUT2D eigenvalue weighted by molar-refractivity contribution is 7.80. The Hall–Kier alpha value is -1.75. The lowest BCUT2D eigenvalue weighted by Crippen LogP contribution is -2.29. The molecule has 0 saturated heterocycles. The van der Waals surface area contributed by atoms with Gasteiger partial charge in [-0.05, 0) is 50.4 Å². The van der Waals surface area contributed by atoms with E-state index in [0.29, 0.717) is 5.11 Å². The maximum Gasteiger partial charge on any atom is 0.207 e. The van der Waals surface area contributed by atoms with Crippen molar-refractivity contribution in [1.29, 1.82) is 0 Å². The van der Waals surface area contributed by atoms with Crippen LogP contribution in [0.15, 0.2) is 40.5 Å². The molecule has 1 saturated carbocycles. The average Bonchev–Trinajstić information content (AvgIpc) is 3.00. The molecule has 0 aromatic heterocycles. The van der Waals surface area contributed by atoms with Crippen LogP contribution in [0, 0.1) is 31.6 Å². The minimum atomic E-state index is 0.350. The number of nitrogens with zero attached hydrogens (tertiary/aromatic N) is 2. The standard InChI is InChI=1S/C15H15N4S/c1-12(14-9-5-6-10-14)17-19-15(20)18-16-11-13-7-3-2-4-8-13/h2-11H,1H3,(H2,18,19,20)/b16-11+,17-12+. The molecular weight excluding hydrogens is 268 g/mol. The van der Waals surface area contributed by atoms with Crippen LogP contribution < -0.4 is 10.9 Å². The number of nitrogens with one attached hydrogen (secondary N) is 2. The number of thiocarbonyl (C=S) groups is 1. The highest BCUT2D eigenvalue weighted by Crippen LogP contribution is 2.23. The predicted molar refractivity (Wildman–Crippen MR) is 86.5 cm³/mol. The Morgan fingerprint density at radius 1 is 1.10 bits per heavy atom. The second-order valence-electron chi connectivity index (χ2n) is 4.09. The normalized spacial score (nSPS) is 16.6. The third-order valence-corrected chi connectivity index (χ3v) is 2.77. The molecule has 1 aromatic rings. The molecule has 0 aliphatic heterocycles. The van der Waals surface area contributed by atoms with Gasteiger partial charge in [0.2, 0.25) is 5.11 Å². The molecule has 101 valence electrons. The van der Waals surface area contributed by atoms with Crippen LogP contribution in [0.4, 0.5) is 0 Å². The fraction of sp³-hybridized carbons (Fsp3) is 0.0667. The maximum atomic E-state index is 5.07. The molecule has 5 radical (unpaired) electrons. The van der Waals surface area contributed by atoms with Gasteiger partial charge in [-0.2, -0.15) is 10.2 Å². The smallest absolute Gasteiger partial charge is 0.207 e. The van der Waals surface area contributed by atoms with Crippen LogP contribution in [0.1, 0.15) is 12.5 Å². The first-order valence-electron chi connectivity index (χ1n) is 6.16. The summed E-state index contributed by atoms with van der Waals surface area (Å²) >= 11 is 5.07. The first-order valence-corrected chi connectivity index (χ1v) is 6.57. The number of hydrazone groups is 2. The summed E-state index contributed by atoms with van der Waals surface area (Å²) in [4.78, 5) is 0. The summed E-state index contributed by atoms with van der Waals surface area (Å²) in [6.07, 6.45) is 9.61. The molecule has 0 atom stereocenters. The molecule has 0 bridgehead atoms. The van der Waals surface area contributed by atoms with E-state index in [4.69, 9.17) is 12.2 Å². The van der Waals surface area contributed by atoms with E-state index in [-0.39, 0.29) is 0 Å². The summed E-state index contributed by atoms with van der Waals surface area (Å²) in [5, 5.41) is 8.57. The van der Waals surface area contributed by atoms with Crippen molar-refractivity contribution in [2.24, 2.45) is 10.2 Å². The molecule has 0 amide bonds. The van der Waals surface area contributed by atoms with Gasteiger partial charge >= 0.3 is 0 Å². The molecule has 0 unspecified atom stereocenters. The van der Waals surface area contributed by atoms with Gasteiger partial charge in [-0.25, -0.2) is 0 Å². The molecule has 0 spiro atoms. The van der Waals surface area contributed by atoms with Crippen molar-refractivity contribution < 1.29 is 0 Å². The fourth-order valence-corrected chi connectivity index (χ4v) is 1.64. The lowest BCUT2D eigenvalue weighted by molar-refractivity contribution is 0.927. The molecule has 4 nitrogen and oxygen atoms in total. The summed E-state index contributed by atoms with van der Waals surface area (Å²) in [6.45, 7) is 1.91. The number of hydrogen-bond acceptors (Lipinski definition) is 3. The molecule has 0 heterocycles. The molecule has 2 N–H and O–H groups in total. The molecule has 2 rings (SSSR count). The fourth-order valence-electron chi connectivity index (χ4n) is 1.54. The van der Waals surface area contributed by atoms with Crippen molar-refractivity contribution in [2.45, 2.75) is 6.92 Å². The molecule has 1 aromatic carbocycles. The van der Waals surface area contributed by atoms with Crippen molar-refractivity contribution in [3.8, 4) is 0 Å². The van der Waals surface area contributed by atoms with Crippen LogP contribution in [-0.2, 0) is 0 Å². The van der Waals surface area contributed by atoms with E-state index in [1.54, 1.807) is 6.21 Å². The van der Waals surface area contributed by atoms with Gasteiger partial charge in [0, 0.05) is 11.6 Å². The van der Waals surface area contributed by atoms with Gasteiger partial charge in [0.05, 0.1) is 6.21 Å². The van der Waals surface area contributed by atoms with E-state index in [1.807, 2.05) is 62.9 Å². The van der Waals surface area contributed by atoms with Gasteiger partial charge < -0.3 is 0 Å². The van der Waals surface area contributed by atoms with E-state index in [9.17, 15) is 0 Å². The van der Waals surface area contributed by atoms with Crippen molar-refractivity contribution in [3.63, 3.8) is 0 Å². The third-order valence-electron chi connectivity index (χ3n) is 2.58. The molecule has 1 aliphatic rings. The highest BCUT2D eigenvalue weighted by atomic mass is 32.1. The Morgan fingerprint density at radius 2 is 1.80 bits per heavy atom. The van der Waals surface area contributed by atoms with E-state index in [1.165, 1.54) is 0 Å². The Morgan fingerprint density at radius 3 is 2.50 bits per heavy atom. The van der Waals surface area contributed by atoms with Crippen LogP contribution in [-0.4, -0.2) is 17.0 Å². The number of hydrogen-bond donors (Lipinski definition) is 2. The molecule has 1 aliphatic carbocycles. The first kappa shape index (κ1) is 14.7. The van der Waals surface area contributed by atoms with Gasteiger partial charge in [0.15, 0.2) is 0 Å². The van der Waals surface area contributed by atoms with Crippen LogP contribution in [0.5, 0.6) is 0 Å². The van der Waals surface area contributed by atoms with Gasteiger partial charge in [0.1, 0.15) is 0 Å². The van der Waals surface area contributed by atoms with Crippen LogP contribution in [0.25, 0.3) is 0 Å². The zero-order valence-electron chi connectivity index (χ0n) is 11.1. The van der Waals surface area contributed by atoms with Crippen molar-refractivity contribution in [1.82, 2.24) is 10.9 Å². The highest BCUT2D eigenvalue weighted by Gasteiger charge is 2.19. The maximum absolute atomic E-state index is 5.07. The summed E-state index contributed by atoms with van der Waals surface area (Å²) < 4.78 is 0. The van der Waals surface area contributed by atoms with E-state index in [0.717, 1.165) is 17.2 Å². The average molecular weight is 283 g/mol. The molecular formula is C15H15N4S. The SMILES string of the molecule is C/C(=N\NC(=S)N/N=C/c1ccccc1)[C]1[CH][CH][CH][CH]1. The summed E-state index contributed by atoms with van der Waals surface area (Å²) in [5.74, 6) is 1.06. The van der Waals surface area contributed by atoms with Crippen molar-refractivity contribution >= 4 is 29.3 Å². The summed E-state index contributed by atoms with van der Waals surface area (Å²) in [6, 6.07) is 9.77. The van der Waals surface area contributed by atoms with Gasteiger partial charge in [0.25, 0.3) is 0 Å². The molecule has 20 heavy (non-hydrogen) atoms. The first-order chi connectivity index (χ1) is 9.75. The van der Waals surface area contributed by atoms with Crippen molar-refractivity contribution in [2.75, 3.05) is 0 Å². The second kappa shape index (κ2) is 7.75. The Bertz CT molecular complexity index is 490. The van der Waals surface area contributed by atoms with Crippen LogP contribution >= 0.6 is 12.2 Å². The zero-order chi connectivity index (χ0) is 14.2. The van der Waals surface area contributed by atoms with Crippen LogP contribution in [0.2, 0.25) is 0 Å². The largest absolute Gasteiger partial charge is 0.252 e. The van der Waals surface area contributed by atoms with Crippen LogP contribution in [0.3, 0.4) is 0 Å². The minimum Gasteiger partial charge on any atom is -0.252 e. The Labute approximate surface area is 125 Å². The lowest BCUT2D eigenvalue weighted by Gasteiger charge is -2.08. The van der Waals surface area contributed by atoms with E-state index >= 15 is 0 Å². The summed E-state index contributed by atoms with van der Waals surface area (Å²) in [5.41, 5.74) is 7.33. The number of benzene rings is 1. The number of rotatable bonds is 4. The van der Waals surface area contributed by atoms with Gasteiger partial charge in [-0.15, -0.1) is 0 Å². The molecule has 1 fully saturated rings. The van der Waals surface area contributed by atoms with Crippen molar-refractivity contribution in [3.05, 3.63) is 67.5 Å². The lowest BCUT2D eigenvalue weighted by atomic mass is 10.0. The van der Waals surface area contributed by atoms with E-state index < -0.39 is 0 Å². The predicted octanol–water partition coefficient (Wildman–Crippen LogP) is 2.27. The monoisotopic (exact) mass is 283 g/mol. The molecule has 5 heteroatoms. The minimum absolute atomic E-state index is 0.350. The van der Waals surface area contributed by atoms with Gasteiger partial charge in [-0.3, -0.25) is 10.9 Å². The quantitative estimate of drug-likeness (QED) is 0.506. The van der Waals surface area contributed by atoms with E-state index in [2.05, 4.69) is 21.1 Å². The second-order valence-corrected chi connectivity index (χ2v) is 4.50. The topological polar surface area (TPSA) is 48.8 Å². The Balaban J connectivity index is 1.75.